The summed E-state index contributed by atoms with van der Waals surface area (Å²) in [5.74, 6) is 0. The summed E-state index contributed by atoms with van der Waals surface area (Å²) >= 11 is 11.5. The van der Waals surface area contributed by atoms with Crippen LogP contribution in [0, 0.1) is 18.3 Å². The van der Waals surface area contributed by atoms with Crippen LogP contribution in [-0.2, 0) is 0 Å². The fraction of sp³-hybridized carbons (Fsp3) is 0.125. The second-order valence-corrected chi connectivity index (χ2v) is 2.95. The van der Waals surface area contributed by atoms with E-state index in [0.29, 0.717) is 15.6 Å². The Labute approximate surface area is 75.2 Å². The SMILES string of the molecule is Cc1ccc(Cl)c(C#N)c1Cl. The Kier molecular flexibility index (Phi) is 2.38. The highest BCUT2D eigenvalue weighted by Gasteiger charge is 2.06. The Hall–Kier alpha value is -0.710. The van der Waals surface area contributed by atoms with Crippen molar-refractivity contribution in [3.8, 4) is 6.07 Å². The molecule has 0 heterocycles. The van der Waals surface area contributed by atoms with Crippen LogP contribution in [0.5, 0.6) is 0 Å². The van der Waals surface area contributed by atoms with E-state index >= 15 is 0 Å². The first kappa shape index (κ1) is 8.39. The van der Waals surface area contributed by atoms with E-state index in [-0.39, 0.29) is 0 Å². The predicted octanol–water partition coefficient (Wildman–Crippen LogP) is 3.17. The molecule has 0 aliphatic rings. The number of rotatable bonds is 0. The lowest BCUT2D eigenvalue weighted by Gasteiger charge is -2.00. The Balaban J connectivity index is 3.44. The highest BCUT2D eigenvalue weighted by molar-refractivity contribution is 6.37. The van der Waals surface area contributed by atoms with Gasteiger partial charge in [-0.15, -0.1) is 0 Å². The van der Waals surface area contributed by atoms with E-state index in [1.54, 1.807) is 12.1 Å². The number of hydrogen-bond acceptors (Lipinski definition) is 1. The van der Waals surface area contributed by atoms with E-state index in [2.05, 4.69) is 0 Å². The van der Waals surface area contributed by atoms with E-state index in [1.165, 1.54) is 0 Å². The molecule has 0 unspecified atom stereocenters. The van der Waals surface area contributed by atoms with Gasteiger partial charge in [0.1, 0.15) is 6.07 Å². The van der Waals surface area contributed by atoms with E-state index in [9.17, 15) is 0 Å². The average Bonchev–Trinajstić information content (AvgIpc) is 1.99. The van der Waals surface area contributed by atoms with E-state index in [0.717, 1.165) is 5.56 Å². The largest absolute Gasteiger partial charge is 0.192 e. The normalized spacial score (nSPS) is 9.27. The van der Waals surface area contributed by atoms with Crippen molar-refractivity contribution >= 4 is 23.2 Å². The van der Waals surface area contributed by atoms with Gasteiger partial charge in [-0.05, 0) is 18.6 Å². The first-order valence-corrected chi connectivity index (χ1v) is 3.77. The van der Waals surface area contributed by atoms with Gasteiger partial charge in [0.25, 0.3) is 0 Å². The number of aryl methyl sites for hydroxylation is 1. The van der Waals surface area contributed by atoms with Crippen molar-refractivity contribution < 1.29 is 0 Å². The van der Waals surface area contributed by atoms with Gasteiger partial charge >= 0.3 is 0 Å². The molecular formula is C8H5Cl2N. The molecule has 0 saturated carbocycles. The number of hydrogen-bond donors (Lipinski definition) is 0. The van der Waals surface area contributed by atoms with Crippen LogP contribution in [0.15, 0.2) is 12.1 Å². The van der Waals surface area contributed by atoms with E-state index in [4.69, 9.17) is 28.5 Å². The lowest BCUT2D eigenvalue weighted by molar-refractivity contribution is 1.42. The number of benzene rings is 1. The zero-order valence-electron chi connectivity index (χ0n) is 5.86. The molecule has 0 saturated heterocycles. The van der Waals surface area contributed by atoms with Crippen molar-refractivity contribution in [3.05, 3.63) is 33.3 Å². The van der Waals surface area contributed by atoms with Gasteiger partial charge in [-0.1, -0.05) is 29.3 Å². The smallest absolute Gasteiger partial charge is 0.102 e. The summed E-state index contributed by atoms with van der Waals surface area (Å²) in [6.45, 7) is 1.83. The van der Waals surface area contributed by atoms with Crippen molar-refractivity contribution in [3.63, 3.8) is 0 Å². The van der Waals surface area contributed by atoms with Gasteiger partial charge in [0.15, 0.2) is 0 Å². The van der Waals surface area contributed by atoms with Crippen LogP contribution < -0.4 is 0 Å². The summed E-state index contributed by atoms with van der Waals surface area (Å²) in [5, 5.41) is 9.45. The molecule has 1 rings (SSSR count). The summed E-state index contributed by atoms with van der Waals surface area (Å²) in [5.41, 5.74) is 1.22. The summed E-state index contributed by atoms with van der Waals surface area (Å²) < 4.78 is 0. The topological polar surface area (TPSA) is 23.8 Å². The lowest BCUT2D eigenvalue weighted by Crippen LogP contribution is -1.82. The molecule has 3 heteroatoms. The van der Waals surface area contributed by atoms with Crippen LogP contribution in [0.2, 0.25) is 10.0 Å². The van der Waals surface area contributed by atoms with Crippen molar-refractivity contribution in [1.29, 1.82) is 5.26 Å². The Morgan fingerprint density at radius 1 is 1.36 bits per heavy atom. The molecule has 1 nitrogen and oxygen atoms in total. The Morgan fingerprint density at radius 3 is 2.45 bits per heavy atom. The summed E-state index contributed by atoms with van der Waals surface area (Å²) in [6.07, 6.45) is 0. The fourth-order valence-electron chi connectivity index (χ4n) is 0.759. The maximum atomic E-state index is 8.60. The molecule has 0 N–H and O–H groups in total. The molecule has 0 aliphatic heterocycles. The molecule has 56 valence electrons. The third-order valence-corrected chi connectivity index (χ3v) is 2.20. The molecule has 0 aromatic heterocycles. The lowest BCUT2D eigenvalue weighted by atomic mass is 10.1. The molecule has 0 amide bonds. The molecular weight excluding hydrogens is 181 g/mol. The quantitative estimate of drug-likeness (QED) is 0.610. The number of halogens is 2. The second kappa shape index (κ2) is 3.13. The van der Waals surface area contributed by atoms with Gasteiger partial charge in [-0.25, -0.2) is 0 Å². The second-order valence-electron chi connectivity index (χ2n) is 2.17. The average molecular weight is 186 g/mol. The molecule has 0 radical (unpaired) electrons. The van der Waals surface area contributed by atoms with Crippen LogP contribution in [0.25, 0.3) is 0 Å². The van der Waals surface area contributed by atoms with Crippen LogP contribution in [0.3, 0.4) is 0 Å². The highest BCUT2D eigenvalue weighted by atomic mass is 35.5. The Morgan fingerprint density at radius 2 is 2.00 bits per heavy atom. The third kappa shape index (κ3) is 1.48. The zero-order chi connectivity index (χ0) is 8.43. The van der Waals surface area contributed by atoms with Crippen LogP contribution in [0.4, 0.5) is 0 Å². The standard InChI is InChI=1S/C8H5Cl2N/c1-5-2-3-7(9)6(4-11)8(5)10/h2-3H,1H3. The first-order chi connectivity index (χ1) is 5.16. The monoisotopic (exact) mass is 185 g/mol. The molecule has 0 bridgehead atoms. The molecule has 1 aromatic rings. The summed E-state index contributed by atoms with van der Waals surface area (Å²) in [7, 11) is 0. The maximum absolute atomic E-state index is 8.60. The molecule has 0 aliphatic carbocycles. The van der Waals surface area contributed by atoms with Gasteiger partial charge in [-0.3, -0.25) is 0 Å². The summed E-state index contributed by atoms with van der Waals surface area (Å²) in [6, 6.07) is 5.39. The third-order valence-electron chi connectivity index (χ3n) is 1.40. The maximum Gasteiger partial charge on any atom is 0.102 e. The van der Waals surface area contributed by atoms with Crippen molar-refractivity contribution in [2.45, 2.75) is 6.92 Å². The minimum atomic E-state index is 0.355. The fourth-order valence-corrected chi connectivity index (χ4v) is 1.21. The Bertz CT molecular complexity index is 326. The van der Waals surface area contributed by atoms with Gasteiger partial charge < -0.3 is 0 Å². The van der Waals surface area contributed by atoms with Gasteiger partial charge in [0.2, 0.25) is 0 Å². The first-order valence-electron chi connectivity index (χ1n) is 3.01. The van der Waals surface area contributed by atoms with Crippen molar-refractivity contribution in [2.75, 3.05) is 0 Å². The van der Waals surface area contributed by atoms with Crippen LogP contribution in [-0.4, -0.2) is 0 Å². The summed E-state index contributed by atoms with van der Waals surface area (Å²) in [4.78, 5) is 0. The van der Waals surface area contributed by atoms with Gasteiger partial charge in [0, 0.05) is 0 Å². The highest BCUT2D eigenvalue weighted by Crippen LogP contribution is 2.26. The van der Waals surface area contributed by atoms with E-state index in [1.807, 2.05) is 13.0 Å². The van der Waals surface area contributed by atoms with Gasteiger partial charge in [-0.2, -0.15) is 5.26 Å². The van der Waals surface area contributed by atoms with Crippen molar-refractivity contribution in [2.24, 2.45) is 0 Å². The molecule has 11 heavy (non-hydrogen) atoms. The number of nitriles is 1. The van der Waals surface area contributed by atoms with Crippen LogP contribution in [0.1, 0.15) is 11.1 Å². The molecule has 0 atom stereocenters. The van der Waals surface area contributed by atoms with E-state index < -0.39 is 0 Å². The van der Waals surface area contributed by atoms with Crippen molar-refractivity contribution in [1.82, 2.24) is 0 Å². The molecule has 1 aromatic carbocycles. The molecule has 0 spiro atoms. The molecule has 0 fully saturated rings. The minimum Gasteiger partial charge on any atom is -0.192 e. The number of nitrogens with zero attached hydrogens (tertiary/aromatic N) is 1. The van der Waals surface area contributed by atoms with Gasteiger partial charge in [0.05, 0.1) is 15.6 Å². The minimum absolute atomic E-state index is 0.355. The zero-order valence-corrected chi connectivity index (χ0v) is 7.37. The predicted molar refractivity (Wildman–Crippen MR) is 45.9 cm³/mol. The van der Waals surface area contributed by atoms with Crippen LogP contribution >= 0.6 is 23.2 Å².